The van der Waals surface area contributed by atoms with Crippen LogP contribution in [0.1, 0.15) is 0 Å². The van der Waals surface area contributed by atoms with Crippen LogP contribution in [0, 0.1) is 0 Å². The van der Waals surface area contributed by atoms with Gasteiger partial charge >= 0.3 is 191 Å². The van der Waals surface area contributed by atoms with Gasteiger partial charge in [0.15, 0.2) is 0 Å². The maximum absolute atomic E-state index is 6.41. The molecule has 0 heterocycles. The molecule has 4 rings (SSSR count). The van der Waals surface area contributed by atoms with E-state index in [9.17, 15) is 0 Å². The van der Waals surface area contributed by atoms with Crippen LogP contribution in [0.5, 0.6) is 17.2 Å². The molecule has 4 aromatic carbocycles. The molecule has 0 fully saturated rings. The Morgan fingerprint density at radius 3 is 1.47 bits per heavy atom. The summed E-state index contributed by atoms with van der Waals surface area (Å²) in [5.74, 6) is 2.12. The molecule has 0 radical (unpaired) electrons. The van der Waals surface area contributed by atoms with Gasteiger partial charge in [0.05, 0.1) is 0 Å². The van der Waals surface area contributed by atoms with Gasteiger partial charge in [-0.2, -0.15) is 0 Å². The van der Waals surface area contributed by atoms with Gasteiger partial charge in [0.2, 0.25) is 0 Å². The summed E-state index contributed by atoms with van der Waals surface area (Å²) in [6.07, 6.45) is 0. The van der Waals surface area contributed by atoms with Crippen molar-refractivity contribution in [2.24, 2.45) is 0 Å². The van der Waals surface area contributed by atoms with E-state index in [4.69, 9.17) is 14.0 Å². The Hall–Kier alpha value is -3.23. The van der Waals surface area contributed by atoms with E-state index in [0.29, 0.717) is 11.5 Å². The molecule has 0 bridgehead atoms. The SMILES string of the molecule is CP(C)(C)(c1ccccc1)c1ccccc1OB(Oc1ccccc1)Oc1ccccc1. The molecule has 0 saturated heterocycles. The van der Waals surface area contributed by atoms with Gasteiger partial charge in [0.1, 0.15) is 0 Å². The fourth-order valence-electron chi connectivity index (χ4n) is 3.69. The first-order valence-electron chi connectivity index (χ1n) is 10.7. The molecule has 0 aliphatic heterocycles. The zero-order valence-electron chi connectivity index (χ0n) is 18.7. The molecule has 162 valence electrons. The van der Waals surface area contributed by atoms with E-state index in [-0.39, 0.29) is 0 Å². The summed E-state index contributed by atoms with van der Waals surface area (Å²) in [6.45, 7) is 4.54. The van der Waals surface area contributed by atoms with Crippen molar-refractivity contribution in [3.05, 3.63) is 115 Å². The zero-order chi connectivity index (χ0) is 22.5. The fraction of sp³-hybridized carbons (Fsp3) is 0.111. The number of para-hydroxylation sites is 3. The van der Waals surface area contributed by atoms with Crippen molar-refractivity contribution < 1.29 is 14.0 Å². The number of hydrogen-bond acceptors (Lipinski definition) is 3. The molecule has 0 N–H and O–H groups in total. The van der Waals surface area contributed by atoms with Gasteiger partial charge in [0, 0.05) is 0 Å². The third-order valence-corrected chi connectivity index (χ3v) is 9.70. The van der Waals surface area contributed by atoms with E-state index in [1.807, 2.05) is 72.8 Å². The van der Waals surface area contributed by atoms with E-state index in [2.05, 4.69) is 62.5 Å². The van der Waals surface area contributed by atoms with E-state index in [1.165, 1.54) is 10.6 Å². The van der Waals surface area contributed by atoms with E-state index < -0.39 is 13.9 Å². The quantitative estimate of drug-likeness (QED) is 0.263. The summed E-state index contributed by atoms with van der Waals surface area (Å²) in [7, 11) is -0.941. The van der Waals surface area contributed by atoms with Crippen LogP contribution in [-0.2, 0) is 0 Å². The Morgan fingerprint density at radius 1 is 0.500 bits per heavy atom. The van der Waals surface area contributed by atoms with Crippen LogP contribution < -0.4 is 24.6 Å². The van der Waals surface area contributed by atoms with Gasteiger partial charge in [-0.3, -0.25) is 0 Å². The van der Waals surface area contributed by atoms with Crippen molar-refractivity contribution in [1.82, 2.24) is 0 Å². The number of benzene rings is 4. The molecule has 0 saturated carbocycles. The molecule has 5 heteroatoms. The molecule has 3 nitrogen and oxygen atoms in total. The second kappa shape index (κ2) is 9.10. The molecule has 0 aliphatic carbocycles. The standard InChI is InChI=1S/C27H28BO3P/c1-32(2,3,25-19-11-6-12-20-25)27-22-14-13-21-26(27)31-28(29-23-15-7-4-8-16-23)30-24-17-9-5-10-18-24/h4-22H,1-3H3. The normalized spacial score (nSPS) is 12.3. The minimum absolute atomic E-state index is 0.677. The van der Waals surface area contributed by atoms with Crippen LogP contribution in [0.25, 0.3) is 0 Å². The first-order chi connectivity index (χ1) is 15.4. The first-order valence-corrected chi connectivity index (χ1v) is 14.2. The number of rotatable bonds is 8. The zero-order valence-corrected chi connectivity index (χ0v) is 19.6. The second-order valence-electron chi connectivity index (χ2n) is 8.87. The Labute approximate surface area is 191 Å². The number of hydrogen-bond donors (Lipinski definition) is 0. The minimum atomic E-state index is -2.48. The Morgan fingerprint density at radius 2 is 0.938 bits per heavy atom. The van der Waals surface area contributed by atoms with Crippen LogP contribution in [0.4, 0.5) is 0 Å². The predicted octanol–water partition coefficient (Wildman–Crippen LogP) is 5.60. The summed E-state index contributed by atoms with van der Waals surface area (Å²) >= 11 is 0. The molecule has 4 aromatic rings. The van der Waals surface area contributed by atoms with Crippen LogP contribution in [0.15, 0.2) is 115 Å². The van der Waals surface area contributed by atoms with E-state index >= 15 is 0 Å². The van der Waals surface area contributed by atoms with E-state index in [0.717, 1.165) is 5.75 Å². The average molecular weight is 442 g/mol. The van der Waals surface area contributed by atoms with Crippen LogP contribution >= 0.6 is 6.60 Å². The van der Waals surface area contributed by atoms with E-state index in [1.54, 1.807) is 0 Å². The first kappa shape index (κ1) is 22.0. The van der Waals surface area contributed by atoms with Gasteiger partial charge < -0.3 is 0 Å². The Kier molecular flexibility index (Phi) is 6.25. The van der Waals surface area contributed by atoms with Crippen LogP contribution in [-0.4, -0.2) is 27.3 Å². The van der Waals surface area contributed by atoms with Gasteiger partial charge in [-0.05, 0) is 0 Å². The predicted molar refractivity (Wildman–Crippen MR) is 137 cm³/mol. The Bertz CT molecular complexity index is 1100. The molecule has 0 aliphatic rings. The van der Waals surface area contributed by atoms with Crippen LogP contribution in [0.2, 0.25) is 0 Å². The topological polar surface area (TPSA) is 27.7 Å². The molecule has 0 amide bonds. The van der Waals surface area contributed by atoms with Crippen molar-refractivity contribution in [3.63, 3.8) is 0 Å². The summed E-state index contributed by atoms with van der Waals surface area (Å²) in [6, 6.07) is 38.0. The average Bonchev–Trinajstić information content (AvgIpc) is 2.81. The molecular formula is C27H28BO3P. The van der Waals surface area contributed by atoms with Gasteiger partial charge in [0.25, 0.3) is 0 Å². The molecule has 0 aromatic heterocycles. The fourth-order valence-corrected chi connectivity index (χ4v) is 6.69. The molecule has 0 spiro atoms. The van der Waals surface area contributed by atoms with Gasteiger partial charge in [-0.25, -0.2) is 0 Å². The Balaban J connectivity index is 1.70. The third kappa shape index (κ3) is 4.98. The van der Waals surface area contributed by atoms with Crippen molar-refractivity contribution in [3.8, 4) is 17.2 Å². The third-order valence-electron chi connectivity index (χ3n) is 5.54. The maximum atomic E-state index is 6.41. The second-order valence-corrected chi connectivity index (χ2v) is 15.5. The summed E-state index contributed by atoms with van der Waals surface area (Å²) in [4.78, 5) is 0. The van der Waals surface area contributed by atoms with Crippen molar-refractivity contribution in [2.75, 3.05) is 20.0 Å². The summed E-state index contributed by atoms with van der Waals surface area (Å²) < 4.78 is 18.6. The monoisotopic (exact) mass is 442 g/mol. The van der Waals surface area contributed by atoms with Crippen molar-refractivity contribution in [1.29, 1.82) is 0 Å². The van der Waals surface area contributed by atoms with Crippen molar-refractivity contribution in [2.45, 2.75) is 0 Å². The molecule has 0 atom stereocenters. The van der Waals surface area contributed by atoms with Gasteiger partial charge in [-0.15, -0.1) is 0 Å². The molecule has 0 unspecified atom stereocenters. The van der Waals surface area contributed by atoms with Crippen LogP contribution in [0.3, 0.4) is 0 Å². The van der Waals surface area contributed by atoms with Gasteiger partial charge in [-0.1, -0.05) is 0 Å². The molecule has 32 heavy (non-hydrogen) atoms. The van der Waals surface area contributed by atoms with Crippen molar-refractivity contribution >= 4 is 24.5 Å². The summed E-state index contributed by atoms with van der Waals surface area (Å²) in [5.41, 5.74) is 0. The summed E-state index contributed by atoms with van der Waals surface area (Å²) in [5, 5.41) is 2.49. The molecular weight excluding hydrogens is 414 g/mol.